The van der Waals surface area contributed by atoms with E-state index in [2.05, 4.69) is 15.6 Å². The molecule has 0 spiro atoms. The van der Waals surface area contributed by atoms with Gasteiger partial charge in [-0.3, -0.25) is 14.4 Å². The van der Waals surface area contributed by atoms with Gasteiger partial charge >= 0.3 is 0 Å². The summed E-state index contributed by atoms with van der Waals surface area (Å²) in [6, 6.07) is 19.4. The summed E-state index contributed by atoms with van der Waals surface area (Å²) in [6.07, 6.45) is -1.84. The Balaban J connectivity index is 1.50. The van der Waals surface area contributed by atoms with Gasteiger partial charge in [0, 0.05) is 30.8 Å². The fourth-order valence-corrected chi connectivity index (χ4v) is 3.77. The molecule has 1 atom stereocenters. The second kappa shape index (κ2) is 10.3. The van der Waals surface area contributed by atoms with Crippen molar-refractivity contribution in [3.63, 3.8) is 0 Å². The fourth-order valence-electron chi connectivity index (χ4n) is 3.77. The SMILES string of the molecule is CN1C(=O)C(NC(=O)CC(=O)NCc2cc(F)cc(F)c2)N=C(c2ccccc2)c2ccccc21. The summed E-state index contributed by atoms with van der Waals surface area (Å²) < 4.78 is 26.6. The molecule has 3 amide bonds. The van der Waals surface area contributed by atoms with Gasteiger partial charge in [-0.2, -0.15) is 0 Å². The van der Waals surface area contributed by atoms with E-state index in [1.807, 2.05) is 42.5 Å². The third-order valence-corrected chi connectivity index (χ3v) is 5.42. The molecule has 3 aromatic carbocycles. The number of hydrogen-bond acceptors (Lipinski definition) is 4. The topological polar surface area (TPSA) is 90.9 Å². The molecule has 2 N–H and O–H groups in total. The predicted molar refractivity (Wildman–Crippen MR) is 127 cm³/mol. The van der Waals surface area contributed by atoms with Crippen LogP contribution < -0.4 is 15.5 Å². The van der Waals surface area contributed by atoms with E-state index in [0.717, 1.165) is 29.3 Å². The van der Waals surface area contributed by atoms with Crippen LogP contribution in [0.3, 0.4) is 0 Å². The van der Waals surface area contributed by atoms with Crippen LogP contribution in [0.15, 0.2) is 77.8 Å². The summed E-state index contributed by atoms with van der Waals surface area (Å²) in [5.74, 6) is -3.39. The van der Waals surface area contributed by atoms with Crippen molar-refractivity contribution in [2.75, 3.05) is 11.9 Å². The van der Waals surface area contributed by atoms with Crippen molar-refractivity contribution in [2.45, 2.75) is 19.1 Å². The fraction of sp³-hybridized carbons (Fsp3) is 0.154. The first-order valence-corrected chi connectivity index (χ1v) is 10.8. The second-order valence-corrected chi connectivity index (χ2v) is 7.96. The number of fused-ring (bicyclic) bond motifs is 1. The van der Waals surface area contributed by atoms with E-state index in [1.54, 1.807) is 19.2 Å². The van der Waals surface area contributed by atoms with Crippen molar-refractivity contribution in [1.82, 2.24) is 10.6 Å². The Morgan fingerprint density at radius 3 is 2.31 bits per heavy atom. The quantitative estimate of drug-likeness (QED) is 0.536. The monoisotopic (exact) mass is 476 g/mol. The second-order valence-electron chi connectivity index (χ2n) is 7.96. The Kier molecular flexibility index (Phi) is 6.96. The molecular weight excluding hydrogens is 454 g/mol. The van der Waals surface area contributed by atoms with Crippen LogP contribution in [-0.2, 0) is 20.9 Å². The normalized spacial score (nSPS) is 15.1. The highest BCUT2D eigenvalue weighted by atomic mass is 19.1. The highest BCUT2D eigenvalue weighted by molar-refractivity contribution is 6.20. The van der Waals surface area contributed by atoms with Gasteiger partial charge in [-0.05, 0) is 23.8 Å². The third-order valence-electron chi connectivity index (χ3n) is 5.42. The molecule has 0 aromatic heterocycles. The van der Waals surface area contributed by atoms with E-state index in [1.165, 1.54) is 4.90 Å². The number of aliphatic imine (C=N–C) groups is 1. The van der Waals surface area contributed by atoms with E-state index in [9.17, 15) is 23.2 Å². The molecule has 1 aliphatic heterocycles. The van der Waals surface area contributed by atoms with E-state index in [0.29, 0.717) is 11.4 Å². The van der Waals surface area contributed by atoms with Gasteiger partial charge in [-0.25, -0.2) is 13.8 Å². The standard InChI is InChI=1S/C26H22F2N4O3/c1-32-21-10-6-5-9-20(21)24(17-7-3-2-4-8-17)31-25(26(32)35)30-23(34)14-22(33)29-15-16-11-18(27)13-19(28)12-16/h2-13,25H,14-15H2,1H3,(H,29,33)(H,30,34). The number of hydrogen-bond donors (Lipinski definition) is 2. The number of rotatable bonds is 6. The first-order valence-electron chi connectivity index (χ1n) is 10.8. The van der Waals surface area contributed by atoms with E-state index >= 15 is 0 Å². The molecule has 0 bridgehead atoms. The molecule has 35 heavy (non-hydrogen) atoms. The van der Waals surface area contributed by atoms with Gasteiger partial charge in [-0.15, -0.1) is 0 Å². The molecule has 0 fully saturated rings. The van der Waals surface area contributed by atoms with Crippen molar-refractivity contribution >= 4 is 29.1 Å². The molecule has 0 radical (unpaired) electrons. The zero-order chi connectivity index (χ0) is 24.9. The summed E-state index contributed by atoms with van der Waals surface area (Å²) in [6.45, 7) is -0.155. The number of amides is 3. The van der Waals surface area contributed by atoms with E-state index in [4.69, 9.17) is 0 Å². The number of nitrogens with zero attached hydrogens (tertiary/aromatic N) is 2. The maximum absolute atomic E-state index is 13.3. The summed E-state index contributed by atoms with van der Waals surface area (Å²) in [5, 5.41) is 4.96. The zero-order valence-corrected chi connectivity index (χ0v) is 18.8. The Labute approximate surface area is 200 Å². The van der Waals surface area contributed by atoms with Crippen LogP contribution in [0.4, 0.5) is 14.5 Å². The number of nitrogens with one attached hydrogen (secondary N) is 2. The number of benzene rings is 3. The van der Waals surface area contributed by atoms with Gasteiger partial charge in [0.2, 0.25) is 18.0 Å². The average Bonchev–Trinajstić information content (AvgIpc) is 2.93. The molecule has 0 aliphatic carbocycles. The highest BCUT2D eigenvalue weighted by Crippen LogP contribution is 2.27. The van der Waals surface area contributed by atoms with Gasteiger partial charge in [0.1, 0.15) is 18.1 Å². The van der Waals surface area contributed by atoms with Crippen LogP contribution in [0, 0.1) is 11.6 Å². The molecule has 1 heterocycles. The number of anilines is 1. The lowest BCUT2D eigenvalue weighted by atomic mass is 10.0. The van der Waals surface area contributed by atoms with Gasteiger partial charge in [0.15, 0.2) is 0 Å². The number of carbonyl (C=O) groups is 3. The van der Waals surface area contributed by atoms with Crippen LogP contribution in [0.25, 0.3) is 0 Å². The lowest BCUT2D eigenvalue weighted by Gasteiger charge is -2.20. The molecule has 178 valence electrons. The van der Waals surface area contributed by atoms with Gasteiger partial charge in [0.25, 0.3) is 5.91 Å². The van der Waals surface area contributed by atoms with Crippen LogP contribution in [0.1, 0.15) is 23.1 Å². The Morgan fingerprint density at radius 1 is 0.943 bits per heavy atom. The van der Waals surface area contributed by atoms with Crippen LogP contribution in [0.2, 0.25) is 0 Å². The number of carbonyl (C=O) groups excluding carboxylic acids is 3. The van der Waals surface area contributed by atoms with Crippen LogP contribution >= 0.6 is 0 Å². The Bertz CT molecular complexity index is 1290. The molecule has 0 saturated carbocycles. The van der Waals surface area contributed by atoms with Crippen molar-refractivity contribution in [1.29, 1.82) is 0 Å². The summed E-state index contributed by atoms with van der Waals surface area (Å²) in [5.41, 5.74) is 2.87. The van der Waals surface area contributed by atoms with Crippen LogP contribution in [-0.4, -0.2) is 36.6 Å². The van der Waals surface area contributed by atoms with Crippen LogP contribution in [0.5, 0.6) is 0 Å². The summed E-state index contributed by atoms with van der Waals surface area (Å²) in [4.78, 5) is 43.9. The first kappa shape index (κ1) is 23.7. The lowest BCUT2D eigenvalue weighted by molar-refractivity contribution is -0.132. The molecule has 4 rings (SSSR count). The zero-order valence-electron chi connectivity index (χ0n) is 18.8. The van der Waals surface area contributed by atoms with Gasteiger partial charge in [0.05, 0.1) is 11.4 Å². The maximum Gasteiger partial charge on any atom is 0.272 e. The van der Waals surface area contributed by atoms with Gasteiger partial charge < -0.3 is 15.5 Å². The number of para-hydroxylation sites is 1. The minimum absolute atomic E-state index is 0.155. The number of likely N-dealkylation sites (N-methyl/N-ethyl adjacent to an activating group) is 1. The highest BCUT2D eigenvalue weighted by Gasteiger charge is 2.31. The summed E-state index contributed by atoms with van der Waals surface area (Å²) in [7, 11) is 1.59. The molecule has 0 saturated heterocycles. The molecular formula is C26H22F2N4O3. The first-order chi connectivity index (χ1) is 16.8. The van der Waals surface area contributed by atoms with Crippen molar-refractivity contribution in [2.24, 2.45) is 4.99 Å². The Morgan fingerprint density at radius 2 is 1.60 bits per heavy atom. The minimum atomic E-state index is -1.25. The molecule has 3 aromatic rings. The summed E-state index contributed by atoms with van der Waals surface area (Å²) >= 11 is 0. The third kappa shape index (κ3) is 5.57. The van der Waals surface area contributed by atoms with Crippen molar-refractivity contribution < 1.29 is 23.2 Å². The largest absolute Gasteiger partial charge is 0.352 e. The van der Waals surface area contributed by atoms with E-state index in [-0.39, 0.29) is 12.1 Å². The molecule has 9 heteroatoms. The molecule has 1 unspecified atom stereocenters. The Hall–Kier alpha value is -4.40. The van der Waals surface area contributed by atoms with E-state index < -0.39 is 41.9 Å². The maximum atomic E-state index is 13.3. The smallest absolute Gasteiger partial charge is 0.272 e. The van der Waals surface area contributed by atoms with Crippen molar-refractivity contribution in [3.05, 3.63) is 101 Å². The molecule has 7 nitrogen and oxygen atoms in total. The van der Waals surface area contributed by atoms with Crippen molar-refractivity contribution in [3.8, 4) is 0 Å². The number of halogens is 2. The average molecular weight is 476 g/mol. The predicted octanol–water partition coefficient (Wildman–Crippen LogP) is 2.93. The minimum Gasteiger partial charge on any atom is -0.352 e. The van der Waals surface area contributed by atoms with Gasteiger partial charge in [-0.1, -0.05) is 48.5 Å². The number of benzodiazepines with no additional fused rings is 1. The molecule has 1 aliphatic rings. The lowest BCUT2D eigenvalue weighted by Crippen LogP contribution is -2.47.